The molecule has 1 fully saturated rings. The van der Waals surface area contributed by atoms with E-state index >= 15 is 0 Å². The SMILES string of the molecule is Cc1cc(C2CS(=O)(=O)C(C)CN2)c(C)o1. The average Bonchev–Trinajstić information content (AvgIpc) is 2.50. The van der Waals surface area contributed by atoms with Gasteiger partial charge in [0.1, 0.15) is 11.5 Å². The first kappa shape index (κ1) is 11.7. The standard InChI is InChI=1S/C11H17NO3S/c1-7-4-10(9(3)15-7)11-6-16(13,14)8(2)5-12-11/h4,8,11-12H,5-6H2,1-3H3. The van der Waals surface area contributed by atoms with E-state index in [1.165, 1.54) is 0 Å². The summed E-state index contributed by atoms with van der Waals surface area (Å²) in [6.45, 7) is 5.99. The maximum Gasteiger partial charge on any atom is 0.156 e. The van der Waals surface area contributed by atoms with Gasteiger partial charge in [-0.15, -0.1) is 0 Å². The van der Waals surface area contributed by atoms with Crippen LogP contribution in [0.5, 0.6) is 0 Å². The second-order valence-corrected chi connectivity index (χ2v) is 6.93. The van der Waals surface area contributed by atoms with Crippen molar-refractivity contribution in [2.24, 2.45) is 0 Å². The van der Waals surface area contributed by atoms with Gasteiger partial charge in [-0.2, -0.15) is 0 Å². The number of rotatable bonds is 1. The Balaban J connectivity index is 2.28. The summed E-state index contributed by atoms with van der Waals surface area (Å²) in [5.41, 5.74) is 0.966. The Bertz CT molecular complexity index is 489. The molecule has 0 aromatic carbocycles. The van der Waals surface area contributed by atoms with E-state index in [4.69, 9.17) is 4.42 Å². The van der Waals surface area contributed by atoms with E-state index in [1.54, 1.807) is 6.92 Å². The maximum atomic E-state index is 11.8. The van der Waals surface area contributed by atoms with E-state index < -0.39 is 9.84 Å². The third kappa shape index (κ3) is 2.01. The molecule has 1 saturated heterocycles. The van der Waals surface area contributed by atoms with E-state index in [9.17, 15) is 8.42 Å². The smallest absolute Gasteiger partial charge is 0.156 e. The Morgan fingerprint density at radius 3 is 2.62 bits per heavy atom. The quantitative estimate of drug-likeness (QED) is 0.808. The molecular formula is C11H17NO3S. The van der Waals surface area contributed by atoms with Crippen molar-refractivity contribution < 1.29 is 12.8 Å². The van der Waals surface area contributed by atoms with Crippen LogP contribution in [-0.2, 0) is 9.84 Å². The van der Waals surface area contributed by atoms with Crippen LogP contribution in [0, 0.1) is 13.8 Å². The van der Waals surface area contributed by atoms with Gasteiger partial charge in [0.25, 0.3) is 0 Å². The molecule has 2 atom stereocenters. The topological polar surface area (TPSA) is 59.3 Å². The number of furan rings is 1. The van der Waals surface area contributed by atoms with Gasteiger partial charge in [-0.3, -0.25) is 0 Å². The first-order valence-corrected chi connectivity index (χ1v) is 7.13. The molecule has 1 aliphatic heterocycles. The van der Waals surface area contributed by atoms with Gasteiger partial charge in [0.2, 0.25) is 0 Å². The molecule has 0 spiro atoms. The fraction of sp³-hybridized carbons (Fsp3) is 0.636. The van der Waals surface area contributed by atoms with Crippen LogP contribution in [0.25, 0.3) is 0 Å². The van der Waals surface area contributed by atoms with E-state index in [2.05, 4.69) is 5.32 Å². The van der Waals surface area contributed by atoms with Gasteiger partial charge < -0.3 is 9.73 Å². The van der Waals surface area contributed by atoms with Crippen LogP contribution in [0.2, 0.25) is 0 Å². The van der Waals surface area contributed by atoms with Gasteiger partial charge in [-0.05, 0) is 26.8 Å². The lowest BCUT2D eigenvalue weighted by Crippen LogP contribution is -2.44. The van der Waals surface area contributed by atoms with Gasteiger partial charge >= 0.3 is 0 Å². The molecule has 2 rings (SSSR count). The Morgan fingerprint density at radius 2 is 2.12 bits per heavy atom. The second-order valence-electron chi connectivity index (χ2n) is 4.47. The van der Waals surface area contributed by atoms with E-state index in [-0.39, 0.29) is 17.0 Å². The molecule has 0 amide bonds. The number of hydrogen-bond donors (Lipinski definition) is 1. The van der Waals surface area contributed by atoms with Crippen LogP contribution in [0.15, 0.2) is 10.5 Å². The zero-order valence-corrected chi connectivity index (χ0v) is 10.6. The van der Waals surface area contributed by atoms with Gasteiger partial charge in [0.05, 0.1) is 11.0 Å². The lowest BCUT2D eigenvalue weighted by molar-refractivity contribution is 0.477. The molecule has 1 aromatic heterocycles. The Morgan fingerprint density at radius 1 is 1.44 bits per heavy atom. The molecule has 5 heteroatoms. The summed E-state index contributed by atoms with van der Waals surface area (Å²) in [5.74, 6) is 1.79. The number of nitrogens with one attached hydrogen (secondary N) is 1. The van der Waals surface area contributed by atoms with Crippen molar-refractivity contribution in [2.45, 2.75) is 32.1 Å². The Labute approximate surface area is 95.9 Å². The van der Waals surface area contributed by atoms with Crippen LogP contribution < -0.4 is 5.32 Å². The van der Waals surface area contributed by atoms with Crippen molar-refractivity contribution in [3.63, 3.8) is 0 Å². The molecule has 4 nitrogen and oxygen atoms in total. The van der Waals surface area contributed by atoms with Crippen molar-refractivity contribution in [3.05, 3.63) is 23.2 Å². The van der Waals surface area contributed by atoms with E-state index in [1.807, 2.05) is 19.9 Å². The third-order valence-corrected chi connectivity index (χ3v) is 5.31. The summed E-state index contributed by atoms with van der Waals surface area (Å²) in [6.07, 6.45) is 0. The van der Waals surface area contributed by atoms with Crippen LogP contribution >= 0.6 is 0 Å². The first-order chi connectivity index (χ1) is 7.40. The Hall–Kier alpha value is -0.810. The second kappa shape index (κ2) is 3.89. The number of hydrogen-bond acceptors (Lipinski definition) is 4. The van der Waals surface area contributed by atoms with Crippen molar-refractivity contribution in [1.82, 2.24) is 5.32 Å². The van der Waals surface area contributed by atoms with Crippen molar-refractivity contribution in [3.8, 4) is 0 Å². The van der Waals surface area contributed by atoms with Crippen LogP contribution in [-0.4, -0.2) is 26.0 Å². The molecule has 0 saturated carbocycles. The fourth-order valence-corrected chi connectivity index (χ4v) is 3.53. The molecule has 2 heterocycles. The molecule has 0 radical (unpaired) electrons. The fourth-order valence-electron chi connectivity index (χ4n) is 2.09. The molecule has 1 aromatic rings. The summed E-state index contributed by atoms with van der Waals surface area (Å²) in [5, 5.41) is 2.96. The monoisotopic (exact) mass is 243 g/mol. The van der Waals surface area contributed by atoms with Crippen molar-refractivity contribution >= 4 is 9.84 Å². The van der Waals surface area contributed by atoms with Crippen LogP contribution in [0.1, 0.15) is 30.0 Å². The van der Waals surface area contributed by atoms with Gasteiger partial charge in [-0.1, -0.05) is 0 Å². The van der Waals surface area contributed by atoms with Gasteiger partial charge in [-0.25, -0.2) is 8.42 Å². The van der Waals surface area contributed by atoms with E-state index in [0.29, 0.717) is 6.54 Å². The predicted octanol–water partition coefficient (Wildman–Crippen LogP) is 1.34. The highest BCUT2D eigenvalue weighted by molar-refractivity contribution is 7.92. The zero-order valence-electron chi connectivity index (χ0n) is 9.78. The lowest BCUT2D eigenvalue weighted by atomic mass is 10.1. The minimum absolute atomic E-state index is 0.126. The maximum absolute atomic E-state index is 11.8. The van der Waals surface area contributed by atoms with Gasteiger partial charge in [0, 0.05) is 18.2 Å². The average molecular weight is 243 g/mol. The molecule has 0 bridgehead atoms. The molecule has 1 N–H and O–H groups in total. The van der Waals surface area contributed by atoms with Gasteiger partial charge in [0.15, 0.2) is 9.84 Å². The normalized spacial score (nSPS) is 29.2. The molecule has 2 unspecified atom stereocenters. The highest BCUT2D eigenvalue weighted by atomic mass is 32.2. The summed E-state index contributed by atoms with van der Waals surface area (Å²) >= 11 is 0. The van der Waals surface area contributed by atoms with Crippen molar-refractivity contribution in [2.75, 3.05) is 12.3 Å². The summed E-state index contributed by atoms with van der Waals surface area (Å²) in [7, 11) is -2.97. The molecule has 0 aliphatic carbocycles. The number of aryl methyl sites for hydroxylation is 2. The van der Waals surface area contributed by atoms with Crippen LogP contribution in [0.4, 0.5) is 0 Å². The first-order valence-electron chi connectivity index (χ1n) is 5.42. The van der Waals surface area contributed by atoms with E-state index in [0.717, 1.165) is 17.1 Å². The molecule has 1 aliphatic rings. The Kier molecular flexibility index (Phi) is 2.84. The highest BCUT2D eigenvalue weighted by Gasteiger charge is 2.32. The minimum Gasteiger partial charge on any atom is -0.466 e. The predicted molar refractivity (Wildman–Crippen MR) is 62.2 cm³/mol. The molecule has 90 valence electrons. The third-order valence-electron chi connectivity index (χ3n) is 3.12. The van der Waals surface area contributed by atoms with Crippen molar-refractivity contribution in [1.29, 1.82) is 0 Å². The van der Waals surface area contributed by atoms with Crippen LogP contribution in [0.3, 0.4) is 0 Å². The molecular weight excluding hydrogens is 226 g/mol. The largest absolute Gasteiger partial charge is 0.466 e. The minimum atomic E-state index is -2.97. The lowest BCUT2D eigenvalue weighted by Gasteiger charge is -2.27. The molecule has 16 heavy (non-hydrogen) atoms. The summed E-state index contributed by atoms with van der Waals surface area (Å²) in [6, 6.07) is 1.79. The highest BCUT2D eigenvalue weighted by Crippen LogP contribution is 2.26. The number of sulfone groups is 1. The summed E-state index contributed by atoms with van der Waals surface area (Å²) in [4.78, 5) is 0. The zero-order chi connectivity index (χ0) is 11.9. The summed E-state index contributed by atoms with van der Waals surface area (Å²) < 4.78 is 29.1.